The van der Waals surface area contributed by atoms with Crippen molar-refractivity contribution < 1.29 is 26.2 Å². The summed E-state index contributed by atoms with van der Waals surface area (Å²) >= 11 is 0. The van der Waals surface area contributed by atoms with Crippen molar-refractivity contribution in [2.24, 2.45) is 0 Å². The Morgan fingerprint density at radius 2 is 1.84 bits per heavy atom. The number of hydrogen-bond acceptors (Lipinski definition) is 8. The number of hydrogen-bond donors (Lipinski definition) is 0. The van der Waals surface area contributed by atoms with Crippen molar-refractivity contribution >= 4 is 25.8 Å². The minimum atomic E-state index is -3.68. The zero-order chi connectivity index (χ0) is 22.8. The molecular formula is C20H26N4O6S2. The molecule has 0 spiro atoms. The van der Waals surface area contributed by atoms with Gasteiger partial charge in [-0.05, 0) is 12.0 Å². The first kappa shape index (κ1) is 22.9. The Bertz CT molecular complexity index is 1160. The number of benzene rings is 1. The van der Waals surface area contributed by atoms with Crippen LogP contribution in [-0.4, -0.2) is 85.0 Å². The number of aryl methyl sites for hydroxylation is 1. The van der Waals surface area contributed by atoms with E-state index in [1.54, 1.807) is 4.90 Å². The number of nitrogens with zero attached hydrogens (tertiary/aromatic N) is 4. The van der Waals surface area contributed by atoms with E-state index in [2.05, 4.69) is 10.1 Å². The van der Waals surface area contributed by atoms with Gasteiger partial charge in [-0.25, -0.2) is 16.8 Å². The highest BCUT2D eigenvalue weighted by Gasteiger charge is 2.41. The van der Waals surface area contributed by atoms with Gasteiger partial charge in [0.15, 0.2) is 15.7 Å². The fourth-order valence-corrected chi connectivity index (χ4v) is 8.52. The maximum absolute atomic E-state index is 12.7. The first-order valence-electron chi connectivity index (χ1n) is 10.6. The molecule has 2 aliphatic rings. The van der Waals surface area contributed by atoms with Crippen LogP contribution in [0.15, 0.2) is 34.9 Å². The number of carbonyl (C=O) groups is 1. The highest BCUT2D eigenvalue weighted by Crippen LogP contribution is 2.23. The van der Waals surface area contributed by atoms with E-state index < -0.39 is 25.1 Å². The predicted molar refractivity (Wildman–Crippen MR) is 116 cm³/mol. The van der Waals surface area contributed by atoms with Gasteiger partial charge in [0.05, 0.1) is 16.8 Å². The molecule has 0 bridgehead atoms. The zero-order valence-electron chi connectivity index (χ0n) is 17.6. The lowest BCUT2D eigenvalue weighted by atomic mass is 10.1. The van der Waals surface area contributed by atoms with E-state index in [0.29, 0.717) is 24.6 Å². The topological polar surface area (TPSA) is 131 Å². The van der Waals surface area contributed by atoms with E-state index in [0.717, 1.165) is 5.56 Å². The van der Waals surface area contributed by atoms with Crippen LogP contribution in [-0.2, 0) is 37.5 Å². The molecule has 0 saturated carbocycles. The lowest BCUT2D eigenvalue weighted by Crippen LogP contribution is -2.52. The molecule has 10 nitrogen and oxygen atoms in total. The summed E-state index contributed by atoms with van der Waals surface area (Å²) in [6.45, 7) is 0.903. The second kappa shape index (κ2) is 9.28. The van der Waals surface area contributed by atoms with Crippen LogP contribution in [0.1, 0.15) is 30.1 Å². The summed E-state index contributed by atoms with van der Waals surface area (Å²) in [5.41, 5.74) is 1.07. The minimum absolute atomic E-state index is 0.0852. The third-order valence-corrected chi connectivity index (χ3v) is 10.1. The van der Waals surface area contributed by atoms with Crippen LogP contribution in [0.25, 0.3) is 0 Å². The molecule has 2 aliphatic heterocycles. The molecule has 1 amide bonds. The van der Waals surface area contributed by atoms with Crippen LogP contribution < -0.4 is 0 Å². The summed E-state index contributed by atoms with van der Waals surface area (Å²) in [7, 11) is -6.96. The summed E-state index contributed by atoms with van der Waals surface area (Å²) in [5, 5.41) is 3.08. The van der Waals surface area contributed by atoms with E-state index in [4.69, 9.17) is 4.52 Å². The largest absolute Gasteiger partial charge is 0.340 e. The molecule has 12 heteroatoms. The Morgan fingerprint density at radius 3 is 2.50 bits per heavy atom. The Morgan fingerprint density at radius 1 is 1.12 bits per heavy atom. The molecule has 2 aromatic rings. The van der Waals surface area contributed by atoms with Gasteiger partial charge in [-0.3, -0.25) is 4.79 Å². The molecule has 4 rings (SSSR count). The van der Waals surface area contributed by atoms with Gasteiger partial charge in [0.1, 0.15) is 0 Å². The monoisotopic (exact) mass is 482 g/mol. The number of sulfonamides is 1. The Balaban J connectivity index is 1.25. The van der Waals surface area contributed by atoms with Gasteiger partial charge in [-0.1, -0.05) is 35.5 Å². The molecule has 1 aromatic carbocycles. The highest BCUT2D eigenvalue weighted by molar-refractivity contribution is 7.95. The standard InChI is InChI=1S/C20H26N4O6S2/c25-20(7-6-19-21-18(22-30-19)14-16-4-2-1-3-5-16)23-9-11-24(12-10-23)32(28,29)17-8-13-31(26,27)15-17/h1-5,17H,6-15H2. The summed E-state index contributed by atoms with van der Waals surface area (Å²) in [4.78, 5) is 18.5. The quantitative estimate of drug-likeness (QED) is 0.549. The van der Waals surface area contributed by atoms with E-state index in [9.17, 15) is 21.6 Å². The Hall–Kier alpha value is -2.31. The maximum Gasteiger partial charge on any atom is 0.227 e. The average molecular weight is 483 g/mol. The summed E-state index contributed by atoms with van der Waals surface area (Å²) in [6, 6.07) is 9.77. The average Bonchev–Trinajstić information content (AvgIpc) is 3.38. The fourth-order valence-electron chi connectivity index (χ4n) is 4.01. The SMILES string of the molecule is O=C(CCc1nc(Cc2ccccc2)no1)N1CCN(S(=O)(=O)C2CCS(=O)(=O)C2)CC1. The molecule has 1 atom stereocenters. The molecule has 3 heterocycles. The second-order valence-corrected chi connectivity index (χ2v) is 12.6. The molecule has 0 aliphatic carbocycles. The van der Waals surface area contributed by atoms with Crippen molar-refractivity contribution in [2.75, 3.05) is 37.7 Å². The molecular weight excluding hydrogens is 456 g/mol. The molecule has 2 saturated heterocycles. The Labute approximate surface area is 187 Å². The smallest absolute Gasteiger partial charge is 0.227 e. The molecule has 0 radical (unpaired) electrons. The van der Waals surface area contributed by atoms with E-state index in [1.165, 1.54) is 4.31 Å². The fraction of sp³-hybridized carbons (Fsp3) is 0.550. The molecule has 1 aromatic heterocycles. The summed E-state index contributed by atoms with van der Waals surface area (Å²) in [5.74, 6) is 0.454. The minimum Gasteiger partial charge on any atom is -0.340 e. The second-order valence-electron chi connectivity index (χ2n) is 8.12. The van der Waals surface area contributed by atoms with Crippen LogP contribution in [0.5, 0.6) is 0 Å². The number of sulfone groups is 1. The lowest BCUT2D eigenvalue weighted by molar-refractivity contribution is -0.132. The van der Waals surface area contributed by atoms with Gasteiger partial charge >= 0.3 is 0 Å². The first-order chi connectivity index (χ1) is 15.2. The lowest BCUT2D eigenvalue weighted by Gasteiger charge is -2.35. The number of rotatable bonds is 7. The molecule has 0 N–H and O–H groups in total. The highest BCUT2D eigenvalue weighted by atomic mass is 32.2. The first-order valence-corrected chi connectivity index (χ1v) is 13.9. The van der Waals surface area contributed by atoms with Crippen molar-refractivity contribution in [1.82, 2.24) is 19.3 Å². The van der Waals surface area contributed by atoms with E-state index in [1.807, 2.05) is 30.3 Å². The van der Waals surface area contributed by atoms with Crippen molar-refractivity contribution in [3.8, 4) is 0 Å². The van der Waals surface area contributed by atoms with Crippen LogP contribution in [0, 0.1) is 0 Å². The molecule has 174 valence electrons. The molecule has 1 unspecified atom stereocenters. The van der Waals surface area contributed by atoms with Gasteiger partial charge in [0, 0.05) is 45.4 Å². The number of aromatic nitrogens is 2. The molecule has 2 fully saturated rings. The van der Waals surface area contributed by atoms with Crippen LogP contribution >= 0.6 is 0 Å². The summed E-state index contributed by atoms with van der Waals surface area (Å²) in [6.07, 6.45) is 1.21. The van der Waals surface area contributed by atoms with Crippen LogP contribution in [0.3, 0.4) is 0 Å². The van der Waals surface area contributed by atoms with E-state index >= 15 is 0 Å². The summed E-state index contributed by atoms with van der Waals surface area (Å²) < 4.78 is 55.3. The number of piperazine rings is 1. The van der Waals surface area contributed by atoms with Crippen molar-refractivity contribution in [2.45, 2.75) is 30.9 Å². The van der Waals surface area contributed by atoms with Gasteiger partial charge < -0.3 is 9.42 Å². The van der Waals surface area contributed by atoms with Gasteiger partial charge in [-0.15, -0.1) is 0 Å². The van der Waals surface area contributed by atoms with Gasteiger partial charge in [0.2, 0.25) is 21.8 Å². The van der Waals surface area contributed by atoms with Crippen LogP contribution in [0.2, 0.25) is 0 Å². The van der Waals surface area contributed by atoms with Gasteiger partial charge in [-0.2, -0.15) is 9.29 Å². The van der Waals surface area contributed by atoms with E-state index in [-0.39, 0.29) is 56.4 Å². The zero-order valence-corrected chi connectivity index (χ0v) is 19.2. The maximum atomic E-state index is 12.7. The van der Waals surface area contributed by atoms with Crippen molar-refractivity contribution in [3.05, 3.63) is 47.6 Å². The molecule has 32 heavy (non-hydrogen) atoms. The number of carbonyl (C=O) groups excluding carboxylic acids is 1. The Kier molecular flexibility index (Phi) is 6.63. The normalized spacial score (nSPS) is 21.6. The number of amides is 1. The third kappa shape index (κ3) is 5.36. The van der Waals surface area contributed by atoms with Crippen LogP contribution in [0.4, 0.5) is 0 Å². The van der Waals surface area contributed by atoms with Crippen molar-refractivity contribution in [3.63, 3.8) is 0 Å². The predicted octanol–water partition coefficient (Wildman–Crippen LogP) is 0.254. The van der Waals surface area contributed by atoms with Gasteiger partial charge in [0.25, 0.3) is 0 Å². The third-order valence-electron chi connectivity index (χ3n) is 5.83. The van der Waals surface area contributed by atoms with Crippen molar-refractivity contribution in [1.29, 1.82) is 0 Å².